The van der Waals surface area contributed by atoms with Crippen molar-refractivity contribution in [2.24, 2.45) is 0 Å². The van der Waals surface area contributed by atoms with E-state index in [9.17, 15) is 5.11 Å². The number of benzene rings is 3. The summed E-state index contributed by atoms with van der Waals surface area (Å²) >= 11 is 0. The lowest BCUT2D eigenvalue weighted by molar-refractivity contribution is -0.0686. The molecule has 1 N–H and O–H groups in total. The van der Waals surface area contributed by atoms with E-state index in [2.05, 4.69) is 0 Å². The molecule has 1 atom stereocenters. The van der Waals surface area contributed by atoms with E-state index in [1.54, 1.807) is 19.2 Å². The number of hydrogen-bond donors (Lipinski definition) is 1. The molecule has 130 valence electrons. The van der Waals surface area contributed by atoms with Gasteiger partial charge >= 0.3 is 0 Å². The van der Waals surface area contributed by atoms with Gasteiger partial charge in [-0.1, -0.05) is 12.1 Å². The van der Waals surface area contributed by atoms with Crippen LogP contribution in [0.1, 0.15) is 11.1 Å². The first-order chi connectivity index (χ1) is 12.6. The van der Waals surface area contributed by atoms with E-state index in [0.29, 0.717) is 11.5 Å². The standard InChI is InChI=1S/C21H16O5/c1-23-16-7-6-14-20-13(16)4-3-5-17(20)25-21(14)9-8-12-10-15(22)19(24-2)11-18(12)26-21/h3-11,22H,1-2H3. The van der Waals surface area contributed by atoms with Crippen LogP contribution in [-0.4, -0.2) is 19.3 Å². The summed E-state index contributed by atoms with van der Waals surface area (Å²) in [6.07, 6.45) is 3.75. The molecule has 5 heteroatoms. The molecule has 0 radical (unpaired) electrons. The van der Waals surface area contributed by atoms with Gasteiger partial charge in [-0.15, -0.1) is 0 Å². The largest absolute Gasteiger partial charge is 0.504 e. The summed E-state index contributed by atoms with van der Waals surface area (Å²) in [5, 5.41) is 11.9. The van der Waals surface area contributed by atoms with E-state index < -0.39 is 5.79 Å². The van der Waals surface area contributed by atoms with Gasteiger partial charge in [0.2, 0.25) is 0 Å². The highest BCUT2D eigenvalue weighted by atomic mass is 16.7. The van der Waals surface area contributed by atoms with Crippen molar-refractivity contribution in [3.8, 4) is 28.7 Å². The lowest BCUT2D eigenvalue weighted by Crippen LogP contribution is -2.36. The van der Waals surface area contributed by atoms with Crippen LogP contribution in [0.2, 0.25) is 0 Å². The van der Waals surface area contributed by atoms with E-state index in [4.69, 9.17) is 18.9 Å². The van der Waals surface area contributed by atoms with Gasteiger partial charge in [0.1, 0.15) is 17.2 Å². The molecule has 0 amide bonds. The van der Waals surface area contributed by atoms with Crippen LogP contribution in [0.3, 0.4) is 0 Å². The van der Waals surface area contributed by atoms with Crippen molar-refractivity contribution in [3.05, 3.63) is 59.7 Å². The van der Waals surface area contributed by atoms with Crippen LogP contribution in [0.5, 0.6) is 28.7 Å². The van der Waals surface area contributed by atoms with Gasteiger partial charge in [-0.2, -0.15) is 0 Å². The molecule has 5 rings (SSSR count). The minimum Gasteiger partial charge on any atom is -0.504 e. The Balaban J connectivity index is 1.70. The zero-order valence-electron chi connectivity index (χ0n) is 14.3. The summed E-state index contributed by atoms with van der Waals surface area (Å²) in [6, 6.07) is 13.0. The molecule has 5 nitrogen and oxygen atoms in total. The van der Waals surface area contributed by atoms with Crippen LogP contribution in [-0.2, 0) is 5.79 Å². The smallest absolute Gasteiger partial charge is 0.299 e. The number of methoxy groups -OCH3 is 2. The Morgan fingerprint density at radius 1 is 0.923 bits per heavy atom. The predicted octanol–water partition coefficient (Wildman–Crippen LogP) is 4.21. The zero-order valence-corrected chi connectivity index (χ0v) is 14.3. The molecule has 2 heterocycles. The Kier molecular flexibility index (Phi) is 2.92. The van der Waals surface area contributed by atoms with Crippen molar-refractivity contribution in [1.82, 2.24) is 0 Å². The lowest BCUT2D eigenvalue weighted by Gasteiger charge is -2.31. The molecule has 3 aromatic rings. The second-order valence-electron chi connectivity index (χ2n) is 6.26. The van der Waals surface area contributed by atoms with Crippen LogP contribution in [0, 0.1) is 0 Å². The fourth-order valence-electron chi connectivity index (χ4n) is 3.66. The fourth-order valence-corrected chi connectivity index (χ4v) is 3.66. The number of hydrogen-bond acceptors (Lipinski definition) is 5. The third-order valence-electron chi connectivity index (χ3n) is 4.87. The van der Waals surface area contributed by atoms with E-state index in [1.807, 2.05) is 42.5 Å². The van der Waals surface area contributed by atoms with Crippen LogP contribution < -0.4 is 18.9 Å². The SMILES string of the molecule is COc1cc2c(cc1O)C=CC1(O2)Oc2cccc3c(OC)ccc1c23. The number of phenols is 1. The number of fused-ring (bicyclic) bond motifs is 2. The van der Waals surface area contributed by atoms with Gasteiger partial charge in [0.05, 0.1) is 19.8 Å². The minimum absolute atomic E-state index is 0.0675. The van der Waals surface area contributed by atoms with Gasteiger partial charge in [0, 0.05) is 28.5 Å². The highest BCUT2D eigenvalue weighted by Crippen LogP contribution is 2.51. The molecule has 0 aromatic heterocycles. The maximum Gasteiger partial charge on any atom is 0.299 e. The van der Waals surface area contributed by atoms with Crippen molar-refractivity contribution < 1.29 is 24.1 Å². The normalized spacial score (nSPS) is 19.2. The van der Waals surface area contributed by atoms with Crippen molar-refractivity contribution >= 4 is 16.8 Å². The van der Waals surface area contributed by atoms with E-state index in [0.717, 1.165) is 33.4 Å². The average Bonchev–Trinajstić information content (AvgIpc) is 2.96. The Labute approximate surface area is 150 Å². The molecule has 2 aliphatic rings. The first-order valence-electron chi connectivity index (χ1n) is 8.23. The predicted molar refractivity (Wildman–Crippen MR) is 97.1 cm³/mol. The summed E-state index contributed by atoms with van der Waals surface area (Å²) in [6.45, 7) is 0. The summed E-state index contributed by atoms with van der Waals surface area (Å²) in [5.74, 6) is 1.48. The van der Waals surface area contributed by atoms with Gasteiger partial charge in [0.25, 0.3) is 5.79 Å². The molecule has 0 saturated heterocycles. The summed E-state index contributed by atoms with van der Waals surface area (Å²) < 4.78 is 23.2. The Hall–Kier alpha value is -3.34. The van der Waals surface area contributed by atoms with E-state index in [1.165, 1.54) is 7.11 Å². The quantitative estimate of drug-likeness (QED) is 0.752. The summed E-state index contributed by atoms with van der Waals surface area (Å²) in [4.78, 5) is 0. The Bertz CT molecular complexity index is 1090. The molecule has 0 saturated carbocycles. The molecular weight excluding hydrogens is 332 g/mol. The number of aromatic hydroxyl groups is 1. The molecule has 1 unspecified atom stereocenters. The lowest BCUT2D eigenvalue weighted by atomic mass is 9.96. The summed E-state index contributed by atoms with van der Waals surface area (Å²) in [7, 11) is 3.16. The topological polar surface area (TPSA) is 57.2 Å². The highest BCUT2D eigenvalue weighted by Gasteiger charge is 2.44. The van der Waals surface area contributed by atoms with E-state index >= 15 is 0 Å². The van der Waals surface area contributed by atoms with Crippen LogP contribution >= 0.6 is 0 Å². The van der Waals surface area contributed by atoms with Gasteiger partial charge < -0.3 is 24.1 Å². The van der Waals surface area contributed by atoms with Crippen molar-refractivity contribution in [2.75, 3.05) is 14.2 Å². The van der Waals surface area contributed by atoms with Crippen molar-refractivity contribution in [2.45, 2.75) is 5.79 Å². The zero-order chi connectivity index (χ0) is 17.9. The third-order valence-corrected chi connectivity index (χ3v) is 4.87. The van der Waals surface area contributed by atoms with Crippen LogP contribution in [0.4, 0.5) is 0 Å². The van der Waals surface area contributed by atoms with Crippen LogP contribution in [0.15, 0.2) is 48.5 Å². The van der Waals surface area contributed by atoms with E-state index in [-0.39, 0.29) is 5.75 Å². The first-order valence-corrected chi connectivity index (χ1v) is 8.23. The first kappa shape index (κ1) is 15.0. The highest BCUT2D eigenvalue weighted by molar-refractivity contribution is 5.98. The molecule has 2 aliphatic heterocycles. The molecule has 0 fully saturated rings. The molecule has 0 aliphatic carbocycles. The second kappa shape index (κ2) is 5.08. The average molecular weight is 348 g/mol. The van der Waals surface area contributed by atoms with Crippen molar-refractivity contribution in [1.29, 1.82) is 0 Å². The Morgan fingerprint density at radius 2 is 1.73 bits per heavy atom. The monoisotopic (exact) mass is 348 g/mol. The van der Waals surface area contributed by atoms with Gasteiger partial charge in [-0.3, -0.25) is 0 Å². The summed E-state index contributed by atoms with van der Waals surface area (Å²) in [5.41, 5.74) is 1.68. The van der Waals surface area contributed by atoms with Crippen molar-refractivity contribution in [3.63, 3.8) is 0 Å². The Morgan fingerprint density at radius 3 is 2.54 bits per heavy atom. The van der Waals surface area contributed by atoms with Crippen LogP contribution in [0.25, 0.3) is 16.8 Å². The molecule has 1 spiro atoms. The molecular formula is C21H16O5. The number of phenolic OH excluding ortho intramolecular Hbond substituents is 1. The van der Waals surface area contributed by atoms with Gasteiger partial charge in [-0.25, -0.2) is 0 Å². The van der Waals surface area contributed by atoms with Gasteiger partial charge in [-0.05, 0) is 30.3 Å². The maximum absolute atomic E-state index is 9.99. The van der Waals surface area contributed by atoms with Gasteiger partial charge in [0.15, 0.2) is 11.5 Å². The second-order valence-corrected chi connectivity index (χ2v) is 6.26. The third kappa shape index (κ3) is 1.85. The minimum atomic E-state index is -1.05. The molecule has 26 heavy (non-hydrogen) atoms. The molecule has 3 aromatic carbocycles. The number of ether oxygens (including phenoxy) is 4. The molecule has 0 bridgehead atoms. The maximum atomic E-state index is 9.99. The number of rotatable bonds is 2. The fraction of sp³-hybridized carbons (Fsp3) is 0.143.